The molecule has 5 aromatic rings. The number of nitrogens with one attached hydrogen (secondary N) is 3. The Hall–Kier alpha value is -4.43. The van der Waals surface area contributed by atoms with Crippen molar-refractivity contribution in [3.8, 4) is 0 Å². The first kappa shape index (κ1) is 24.3. The number of benzene rings is 4. The molecule has 184 valence electrons. The minimum absolute atomic E-state index is 0.136. The van der Waals surface area contributed by atoms with E-state index in [-0.39, 0.29) is 11.7 Å². The van der Waals surface area contributed by atoms with Crippen LogP contribution >= 0.6 is 11.8 Å². The molecule has 1 aromatic heterocycles. The van der Waals surface area contributed by atoms with E-state index in [0.29, 0.717) is 17.1 Å². The average molecular weight is 507 g/mol. The number of aromatic nitrogens is 3. The number of anilines is 5. The van der Waals surface area contributed by atoms with Crippen molar-refractivity contribution < 1.29 is 4.79 Å². The van der Waals surface area contributed by atoms with E-state index >= 15 is 0 Å². The van der Waals surface area contributed by atoms with E-state index in [4.69, 9.17) is 0 Å². The largest absolute Gasteiger partial charge is 0.325 e. The molecular formula is C29H26N6OS. The molecule has 3 N–H and O–H groups in total. The Balaban J connectivity index is 1.34. The molecule has 7 nitrogen and oxygen atoms in total. The van der Waals surface area contributed by atoms with Crippen molar-refractivity contribution >= 4 is 57.4 Å². The summed E-state index contributed by atoms with van der Waals surface area (Å²) in [5.41, 5.74) is 4.83. The Morgan fingerprint density at radius 1 is 0.703 bits per heavy atom. The van der Waals surface area contributed by atoms with Crippen LogP contribution in [0, 0.1) is 13.8 Å². The van der Waals surface area contributed by atoms with Crippen LogP contribution in [0.15, 0.2) is 96.2 Å². The molecule has 0 aliphatic heterocycles. The summed E-state index contributed by atoms with van der Waals surface area (Å²) in [5, 5.41) is 12.0. The maximum absolute atomic E-state index is 12.8. The molecule has 0 aliphatic rings. The molecule has 0 spiro atoms. The number of hydrogen-bond acceptors (Lipinski definition) is 7. The lowest BCUT2D eigenvalue weighted by molar-refractivity contribution is -0.113. The predicted molar refractivity (Wildman–Crippen MR) is 152 cm³/mol. The van der Waals surface area contributed by atoms with Gasteiger partial charge in [0.2, 0.25) is 17.8 Å². The molecule has 8 heteroatoms. The third kappa shape index (κ3) is 6.42. The number of nitrogens with zero attached hydrogens (tertiary/aromatic N) is 3. The lowest BCUT2D eigenvalue weighted by Crippen LogP contribution is -2.15. The second-order valence-electron chi connectivity index (χ2n) is 8.61. The van der Waals surface area contributed by atoms with E-state index < -0.39 is 0 Å². The number of hydrogen-bond donors (Lipinski definition) is 3. The second-order valence-corrected chi connectivity index (χ2v) is 9.55. The van der Waals surface area contributed by atoms with Crippen LogP contribution in [0.4, 0.5) is 29.0 Å². The summed E-state index contributed by atoms with van der Waals surface area (Å²) in [6.07, 6.45) is 0. The van der Waals surface area contributed by atoms with E-state index in [9.17, 15) is 4.79 Å². The summed E-state index contributed by atoms with van der Waals surface area (Å²) in [5.74, 6) is 0.806. The summed E-state index contributed by atoms with van der Waals surface area (Å²) in [7, 11) is 0. The number of aryl methyl sites for hydroxylation is 2. The van der Waals surface area contributed by atoms with Gasteiger partial charge >= 0.3 is 0 Å². The zero-order valence-electron chi connectivity index (χ0n) is 20.5. The Kier molecular flexibility index (Phi) is 7.28. The normalized spacial score (nSPS) is 10.8. The van der Waals surface area contributed by atoms with Crippen LogP contribution in [0.1, 0.15) is 11.1 Å². The molecule has 0 saturated heterocycles. The van der Waals surface area contributed by atoms with Gasteiger partial charge in [0, 0.05) is 22.4 Å². The highest BCUT2D eigenvalue weighted by molar-refractivity contribution is 7.99. The fourth-order valence-corrected chi connectivity index (χ4v) is 4.35. The van der Waals surface area contributed by atoms with Crippen molar-refractivity contribution in [1.29, 1.82) is 0 Å². The molecule has 0 unspecified atom stereocenters. The molecule has 1 heterocycles. The lowest BCUT2D eigenvalue weighted by Gasteiger charge is -2.11. The van der Waals surface area contributed by atoms with E-state index in [1.54, 1.807) is 0 Å². The van der Waals surface area contributed by atoms with Crippen molar-refractivity contribution in [2.75, 3.05) is 21.7 Å². The molecule has 0 radical (unpaired) electrons. The van der Waals surface area contributed by atoms with Crippen molar-refractivity contribution in [2.24, 2.45) is 0 Å². The number of carbonyl (C=O) groups is 1. The summed E-state index contributed by atoms with van der Waals surface area (Å²) >= 11 is 1.25. The highest BCUT2D eigenvalue weighted by atomic mass is 32.2. The Bertz CT molecular complexity index is 1470. The third-order valence-electron chi connectivity index (χ3n) is 5.63. The monoisotopic (exact) mass is 506 g/mol. The molecule has 4 aromatic carbocycles. The minimum Gasteiger partial charge on any atom is -0.325 e. The third-order valence-corrected chi connectivity index (χ3v) is 6.47. The first-order valence-electron chi connectivity index (χ1n) is 11.9. The maximum atomic E-state index is 12.8. The molecule has 0 fully saturated rings. The standard InChI is InChI=1S/C29H26N6OS/c1-19-10-14-22(15-11-19)30-27-33-28(31-23-16-12-20(2)13-17-23)35-29(34-27)37-18-26(36)32-25-9-5-7-21-6-3-4-8-24(21)25/h3-17H,18H2,1-2H3,(H,32,36)(H2,30,31,33,34,35). The van der Waals surface area contributed by atoms with Crippen molar-refractivity contribution in [3.05, 3.63) is 102 Å². The maximum Gasteiger partial charge on any atom is 0.234 e. The molecule has 0 bridgehead atoms. The summed E-state index contributed by atoms with van der Waals surface area (Å²) in [6, 6.07) is 29.8. The van der Waals surface area contributed by atoms with Gasteiger partial charge in [-0.15, -0.1) is 0 Å². The summed E-state index contributed by atoms with van der Waals surface area (Å²) in [4.78, 5) is 26.4. The first-order chi connectivity index (χ1) is 18.0. The number of fused-ring (bicyclic) bond motifs is 1. The van der Waals surface area contributed by atoms with Gasteiger partial charge in [0.15, 0.2) is 5.16 Å². The van der Waals surface area contributed by atoms with Crippen molar-refractivity contribution in [2.45, 2.75) is 19.0 Å². The van der Waals surface area contributed by atoms with Crippen LogP contribution in [-0.2, 0) is 4.79 Å². The second kappa shape index (κ2) is 11.1. The topological polar surface area (TPSA) is 91.8 Å². The Labute approximate surface area is 219 Å². The lowest BCUT2D eigenvalue weighted by atomic mass is 10.1. The Morgan fingerprint density at radius 2 is 1.27 bits per heavy atom. The molecule has 5 rings (SSSR count). The van der Waals surface area contributed by atoms with Gasteiger partial charge in [0.05, 0.1) is 5.75 Å². The minimum atomic E-state index is -0.136. The highest BCUT2D eigenvalue weighted by Gasteiger charge is 2.12. The molecule has 0 saturated carbocycles. The zero-order valence-corrected chi connectivity index (χ0v) is 21.3. The van der Waals surface area contributed by atoms with Crippen molar-refractivity contribution in [1.82, 2.24) is 15.0 Å². The van der Waals surface area contributed by atoms with Crippen LogP contribution in [0.2, 0.25) is 0 Å². The van der Waals surface area contributed by atoms with E-state index in [0.717, 1.165) is 39.0 Å². The fourth-order valence-electron chi connectivity index (χ4n) is 3.72. The van der Waals surface area contributed by atoms with Crippen LogP contribution in [0.5, 0.6) is 0 Å². The van der Waals surface area contributed by atoms with E-state index in [1.807, 2.05) is 105 Å². The predicted octanol–water partition coefficient (Wildman–Crippen LogP) is 6.86. The fraction of sp³-hybridized carbons (Fsp3) is 0.103. The number of thioether (sulfide) groups is 1. The molecule has 37 heavy (non-hydrogen) atoms. The summed E-state index contributed by atoms with van der Waals surface area (Å²) < 4.78 is 0. The van der Waals surface area contributed by atoms with E-state index in [2.05, 4.69) is 30.9 Å². The average Bonchev–Trinajstić information content (AvgIpc) is 2.90. The van der Waals surface area contributed by atoms with Crippen LogP contribution in [-0.4, -0.2) is 26.6 Å². The number of rotatable bonds is 8. The highest BCUT2D eigenvalue weighted by Crippen LogP contribution is 2.25. The molecule has 0 atom stereocenters. The van der Waals surface area contributed by atoms with Crippen LogP contribution in [0.3, 0.4) is 0 Å². The smallest absolute Gasteiger partial charge is 0.234 e. The number of amides is 1. The number of carbonyl (C=O) groups excluding carboxylic acids is 1. The van der Waals surface area contributed by atoms with E-state index in [1.165, 1.54) is 11.8 Å². The van der Waals surface area contributed by atoms with Gasteiger partial charge in [-0.1, -0.05) is 83.6 Å². The van der Waals surface area contributed by atoms with Gasteiger partial charge in [0.1, 0.15) is 0 Å². The Morgan fingerprint density at radius 3 is 1.89 bits per heavy atom. The van der Waals surface area contributed by atoms with Gasteiger partial charge in [0.25, 0.3) is 0 Å². The quantitative estimate of drug-likeness (QED) is 0.198. The van der Waals surface area contributed by atoms with Gasteiger partial charge in [-0.05, 0) is 49.6 Å². The van der Waals surface area contributed by atoms with Gasteiger partial charge < -0.3 is 16.0 Å². The zero-order chi connectivity index (χ0) is 25.6. The first-order valence-corrected chi connectivity index (χ1v) is 12.8. The van der Waals surface area contributed by atoms with Crippen molar-refractivity contribution in [3.63, 3.8) is 0 Å². The van der Waals surface area contributed by atoms with Crippen LogP contribution < -0.4 is 16.0 Å². The van der Waals surface area contributed by atoms with Gasteiger partial charge in [-0.3, -0.25) is 4.79 Å². The van der Waals surface area contributed by atoms with Gasteiger partial charge in [-0.2, -0.15) is 15.0 Å². The summed E-state index contributed by atoms with van der Waals surface area (Å²) in [6.45, 7) is 4.07. The van der Waals surface area contributed by atoms with Crippen LogP contribution in [0.25, 0.3) is 10.8 Å². The molecular weight excluding hydrogens is 480 g/mol. The molecule has 0 aliphatic carbocycles. The molecule has 1 amide bonds. The van der Waals surface area contributed by atoms with Gasteiger partial charge in [-0.25, -0.2) is 0 Å². The SMILES string of the molecule is Cc1ccc(Nc2nc(Nc3ccc(C)cc3)nc(SCC(=O)Nc3cccc4ccccc34)n2)cc1.